The molecule has 0 amide bonds. The Morgan fingerprint density at radius 1 is 1.24 bits per heavy atom. The van der Waals surface area contributed by atoms with Crippen molar-refractivity contribution < 1.29 is 0 Å². The molecule has 0 spiro atoms. The maximum absolute atomic E-state index is 2.60. The molecule has 2 saturated carbocycles. The summed E-state index contributed by atoms with van der Waals surface area (Å²) in [6.45, 7) is 20.0. The summed E-state index contributed by atoms with van der Waals surface area (Å²) in [7, 11) is 0. The molecule has 2 fully saturated rings. The second-order valence-corrected chi connectivity index (χ2v) is 8.02. The molecule has 2 aliphatic carbocycles. The van der Waals surface area contributed by atoms with Crippen LogP contribution in [0.15, 0.2) is 0 Å². The Morgan fingerprint density at radius 2 is 1.76 bits per heavy atom. The van der Waals surface area contributed by atoms with E-state index in [-0.39, 0.29) is 0 Å². The van der Waals surface area contributed by atoms with Crippen LogP contribution in [-0.2, 0) is 0 Å². The summed E-state index contributed by atoms with van der Waals surface area (Å²) < 4.78 is 0. The predicted molar refractivity (Wildman–Crippen MR) is 75.9 cm³/mol. The molecule has 100 valence electrons. The number of hydrogen-bond donors (Lipinski definition) is 0. The summed E-state index contributed by atoms with van der Waals surface area (Å²) >= 11 is 0. The van der Waals surface area contributed by atoms with Gasteiger partial charge in [0, 0.05) is 0 Å². The van der Waals surface area contributed by atoms with Crippen molar-refractivity contribution in [1.82, 2.24) is 0 Å². The zero-order valence-corrected chi connectivity index (χ0v) is 13.2. The molecule has 0 saturated heterocycles. The van der Waals surface area contributed by atoms with E-state index < -0.39 is 0 Å². The Morgan fingerprint density at radius 3 is 2.12 bits per heavy atom. The Bertz CT molecular complexity index is 300. The van der Waals surface area contributed by atoms with E-state index in [9.17, 15) is 0 Å². The molecule has 5 atom stereocenters. The fourth-order valence-corrected chi connectivity index (χ4v) is 6.26. The van der Waals surface area contributed by atoms with E-state index in [1.54, 1.807) is 0 Å². The summed E-state index contributed by atoms with van der Waals surface area (Å²) in [5.74, 6) is 3.64. The van der Waals surface area contributed by atoms with Crippen LogP contribution in [0.1, 0.15) is 68.2 Å². The van der Waals surface area contributed by atoms with Crippen LogP contribution in [0.25, 0.3) is 0 Å². The SMILES string of the molecule is CCC1(C(C)(C)C(C)C)C(C)C2CC(C)C21C. The van der Waals surface area contributed by atoms with Crippen molar-refractivity contribution in [2.24, 2.45) is 39.9 Å². The van der Waals surface area contributed by atoms with Crippen molar-refractivity contribution in [2.45, 2.75) is 68.2 Å². The van der Waals surface area contributed by atoms with E-state index in [1.165, 1.54) is 12.8 Å². The van der Waals surface area contributed by atoms with Gasteiger partial charge in [0.25, 0.3) is 0 Å². The first-order chi connectivity index (χ1) is 7.67. The maximum atomic E-state index is 2.60. The van der Waals surface area contributed by atoms with Gasteiger partial charge in [0.2, 0.25) is 0 Å². The van der Waals surface area contributed by atoms with Gasteiger partial charge >= 0.3 is 0 Å². The van der Waals surface area contributed by atoms with E-state index in [4.69, 9.17) is 0 Å². The van der Waals surface area contributed by atoms with Crippen LogP contribution in [0.5, 0.6) is 0 Å². The van der Waals surface area contributed by atoms with E-state index in [1.807, 2.05) is 0 Å². The molecule has 0 radical (unpaired) electrons. The standard InChI is InChI=1S/C17H32/c1-9-17(15(6,7)11(2)3)13(5)14-10-12(4)16(14,17)8/h11-14H,9-10H2,1-8H3. The Labute approximate surface area is 109 Å². The third kappa shape index (κ3) is 1.12. The predicted octanol–water partition coefficient (Wildman–Crippen LogP) is 5.38. The van der Waals surface area contributed by atoms with Gasteiger partial charge in [-0.2, -0.15) is 0 Å². The Hall–Kier alpha value is 0. The Kier molecular flexibility index (Phi) is 2.78. The molecule has 0 aromatic rings. The lowest BCUT2D eigenvalue weighted by atomic mass is 9.22. The van der Waals surface area contributed by atoms with Gasteiger partial charge in [-0.1, -0.05) is 55.4 Å². The van der Waals surface area contributed by atoms with Crippen LogP contribution in [0, 0.1) is 39.9 Å². The fourth-order valence-electron chi connectivity index (χ4n) is 6.26. The van der Waals surface area contributed by atoms with Gasteiger partial charge < -0.3 is 0 Å². The fraction of sp³-hybridized carbons (Fsp3) is 1.00. The number of fused-ring (bicyclic) bond motifs is 1. The van der Waals surface area contributed by atoms with Crippen LogP contribution in [0.3, 0.4) is 0 Å². The van der Waals surface area contributed by atoms with E-state index in [0.29, 0.717) is 16.2 Å². The van der Waals surface area contributed by atoms with Crippen molar-refractivity contribution in [3.05, 3.63) is 0 Å². The van der Waals surface area contributed by atoms with Crippen molar-refractivity contribution in [3.63, 3.8) is 0 Å². The van der Waals surface area contributed by atoms with Gasteiger partial charge in [-0.05, 0) is 52.8 Å². The van der Waals surface area contributed by atoms with Crippen molar-refractivity contribution in [1.29, 1.82) is 0 Å². The average molecular weight is 236 g/mol. The zero-order chi connectivity index (χ0) is 13.2. The zero-order valence-electron chi connectivity index (χ0n) is 13.2. The maximum Gasteiger partial charge on any atom is -0.0159 e. The second kappa shape index (κ2) is 3.52. The minimum atomic E-state index is 0.459. The van der Waals surface area contributed by atoms with Gasteiger partial charge in [0.05, 0.1) is 0 Å². The van der Waals surface area contributed by atoms with Gasteiger partial charge in [0.1, 0.15) is 0 Å². The molecule has 17 heavy (non-hydrogen) atoms. The molecule has 0 aliphatic heterocycles. The smallest absolute Gasteiger partial charge is 0.0159 e. The monoisotopic (exact) mass is 236 g/mol. The van der Waals surface area contributed by atoms with Gasteiger partial charge in [-0.15, -0.1) is 0 Å². The Balaban J connectivity index is 2.45. The third-order valence-electron chi connectivity index (χ3n) is 7.89. The minimum Gasteiger partial charge on any atom is -0.0648 e. The van der Waals surface area contributed by atoms with E-state index >= 15 is 0 Å². The summed E-state index contributed by atoms with van der Waals surface area (Å²) in [5.41, 5.74) is 1.65. The molecular weight excluding hydrogens is 204 g/mol. The van der Waals surface area contributed by atoms with E-state index in [0.717, 1.165) is 23.7 Å². The van der Waals surface area contributed by atoms with Crippen molar-refractivity contribution in [2.75, 3.05) is 0 Å². The quantitative estimate of drug-likeness (QED) is 0.617. The molecule has 2 rings (SSSR count). The lowest BCUT2D eigenvalue weighted by Crippen LogP contribution is -2.76. The highest BCUT2D eigenvalue weighted by molar-refractivity contribution is 5.24. The van der Waals surface area contributed by atoms with Crippen molar-refractivity contribution in [3.8, 4) is 0 Å². The minimum absolute atomic E-state index is 0.459. The molecule has 0 bridgehead atoms. The third-order valence-corrected chi connectivity index (χ3v) is 7.89. The summed E-state index contributed by atoms with van der Waals surface area (Å²) in [6.07, 6.45) is 2.84. The van der Waals surface area contributed by atoms with E-state index in [2.05, 4.69) is 55.4 Å². The molecule has 0 aromatic heterocycles. The van der Waals surface area contributed by atoms with Crippen LogP contribution >= 0.6 is 0 Å². The van der Waals surface area contributed by atoms with Crippen LogP contribution in [-0.4, -0.2) is 0 Å². The first kappa shape index (κ1) is 13.4. The van der Waals surface area contributed by atoms with Gasteiger partial charge in [-0.25, -0.2) is 0 Å². The lowest BCUT2D eigenvalue weighted by Gasteiger charge is -2.82. The lowest BCUT2D eigenvalue weighted by molar-refractivity contribution is -0.342. The largest absolute Gasteiger partial charge is 0.0648 e. The first-order valence-electron chi connectivity index (χ1n) is 7.67. The van der Waals surface area contributed by atoms with Crippen LogP contribution < -0.4 is 0 Å². The molecule has 2 aliphatic rings. The summed E-state index contributed by atoms with van der Waals surface area (Å²) in [5, 5.41) is 0. The average Bonchev–Trinajstić information content (AvgIpc) is 2.25. The molecule has 0 nitrogen and oxygen atoms in total. The highest BCUT2D eigenvalue weighted by Crippen LogP contribution is 2.82. The van der Waals surface area contributed by atoms with Crippen LogP contribution in [0.2, 0.25) is 0 Å². The highest BCUT2D eigenvalue weighted by atomic mass is 14.8. The molecule has 5 unspecified atom stereocenters. The van der Waals surface area contributed by atoms with Crippen LogP contribution in [0.4, 0.5) is 0 Å². The molecular formula is C17H32. The van der Waals surface area contributed by atoms with Gasteiger partial charge in [0.15, 0.2) is 0 Å². The summed E-state index contributed by atoms with van der Waals surface area (Å²) in [6, 6.07) is 0. The topological polar surface area (TPSA) is 0 Å². The number of rotatable bonds is 3. The molecule has 0 N–H and O–H groups in total. The highest BCUT2D eigenvalue weighted by Gasteiger charge is 2.77. The molecule has 0 aromatic carbocycles. The van der Waals surface area contributed by atoms with Crippen molar-refractivity contribution >= 4 is 0 Å². The second-order valence-electron chi connectivity index (χ2n) is 8.02. The molecule has 0 heteroatoms. The number of hydrogen-bond acceptors (Lipinski definition) is 0. The molecule has 0 heterocycles. The van der Waals surface area contributed by atoms with Gasteiger partial charge in [-0.3, -0.25) is 0 Å². The first-order valence-corrected chi connectivity index (χ1v) is 7.67. The summed E-state index contributed by atoms with van der Waals surface area (Å²) in [4.78, 5) is 0. The normalized spacial score (nSPS) is 49.6.